The molecule has 1 amide bonds. The lowest BCUT2D eigenvalue weighted by Crippen LogP contribution is -2.41. The van der Waals surface area contributed by atoms with Gasteiger partial charge in [-0.2, -0.15) is 13.2 Å². The van der Waals surface area contributed by atoms with E-state index in [4.69, 9.17) is 4.74 Å². The lowest BCUT2D eigenvalue weighted by atomic mass is 9.76. The van der Waals surface area contributed by atoms with E-state index >= 15 is 0 Å². The van der Waals surface area contributed by atoms with Crippen LogP contribution in [-0.2, 0) is 6.18 Å². The van der Waals surface area contributed by atoms with Crippen LogP contribution in [0.1, 0.15) is 66.7 Å². The largest absolute Gasteiger partial charge is 0.481 e. The summed E-state index contributed by atoms with van der Waals surface area (Å²) in [6, 6.07) is 7.43. The average molecular weight is 421 g/mol. The van der Waals surface area contributed by atoms with Gasteiger partial charge >= 0.3 is 6.18 Å². The molecule has 1 fully saturated rings. The first-order valence-electron chi connectivity index (χ1n) is 10.2. The number of alkyl halides is 3. The number of halogens is 3. The number of amides is 1. The number of pyridine rings is 2. The highest BCUT2D eigenvalue weighted by molar-refractivity contribution is 5.94. The van der Waals surface area contributed by atoms with Crippen LogP contribution in [0.3, 0.4) is 0 Å². The van der Waals surface area contributed by atoms with Gasteiger partial charge in [0, 0.05) is 29.9 Å². The van der Waals surface area contributed by atoms with Crippen molar-refractivity contribution in [2.45, 2.75) is 57.2 Å². The summed E-state index contributed by atoms with van der Waals surface area (Å²) < 4.78 is 43.8. The van der Waals surface area contributed by atoms with Crippen LogP contribution in [0.25, 0.3) is 0 Å². The van der Waals surface area contributed by atoms with Crippen LogP contribution in [0.4, 0.5) is 13.2 Å². The summed E-state index contributed by atoms with van der Waals surface area (Å²) in [6.07, 6.45) is 1.03. The van der Waals surface area contributed by atoms with Crippen molar-refractivity contribution in [1.82, 2.24) is 15.3 Å². The molecule has 0 aliphatic heterocycles. The molecule has 1 unspecified atom stereocenters. The van der Waals surface area contributed by atoms with Gasteiger partial charge in [-0.15, -0.1) is 0 Å². The zero-order valence-corrected chi connectivity index (χ0v) is 17.1. The molecule has 2 aromatic rings. The second-order valence-corrected chi connectivity index (χ2v) is 7.63. The minimum Gasteiger partial charge on any atom is -0.481 e. The Kier molecular flexibility index (Phi) is 6.95. The Morgan fingerprint density at radius 1 is 1.20 bits per heavy atom. The van der Waals surface area contributed by atoms with Crippen molar-refractivity contribution < 1.29 is 22.7 Å². The number of hydrogen-bond acceptors (Lipinski definition) is 4. The van der Waals surface area contributed by atoms with Gasteiger partial charge in [0.1, 0.15) is 5.69 Å². The monoisotopic (exact) mass is 421 g/mol. The Morgan fingerprint density at radius 2 is 1.93 bits per heavy atom. The summed E-state index contributed by atoms with van der Waals surface area (Å²) in [5.74, 6) is 0.563. The van der Waals surface area contributed by atoms with E-state index in [1.165, 1.54) is 19.4 Å². The number of nitrogens with zero attached hydrogens (tertiary/aromatic N) is 2. The van der Waals surface area contributed by atoms with Gasteiger partial charge < -0.3 is 10.1 Å². The molecule has 0 spiro atoms. The average Bonchev–Trinajstić information content (AvgIpc) is 2.77. The van der Waals surface area contributed by atoms with Crippen molar-refractivity contribution in [3.8, 4) is 5.88 Å². The molecule has 1 aliphatic carbocycles. The number of ether oxygens (including phenoxy) is 1. The van der Waals surface area contributed by atoms with Crippen LogP contribution in [0.5, 0.6) is 5.88 Å². The molecule has 5 nitrogen and oxygen atoms in total. The van der Waals surface area contributed by atoms with E-state index in [1.807, 2.05) is 6.92 Å². The van der Waals surface area contributed by atoms with Crippen LogP contribution in [0.2, 0.25) is 0 Å². The Hall–Kier alpha value is -2.64. The highest BCUT2D eigenvalue weighted by Gasteiger charge is 2.34. The first-order chi connectivity index (χ1) is 14.3. The van der Waals surface area contributed by atoms with Gasteiger partial charge in [0.2, 0.25) is 5.88 Å². The molecular formula is C22H26F3N3O2. The second-order valence-electron chi connectivity index (χ2n) is 7.63. The number of hydrogen-bond donors (Lipinski definition) is 1. The number of nitrogens with one attached hydrogen (secondary N) is 1. The maximum absolute atomic E-state index is 12.9. The molecule has 1 N–H and O–H groups in total. The summed E-state index contributed by atoms with van der Waals surface area (Å²) in [4.78, 5) is 20.5. The fourth-order valence-electron chi connectivity index (χ4n) is 4.09. The van der Waals surface area contributed by atoms with E-state index in [0.29, 0.717) is 17.1 Å². The Morgan fingerprint density at radius 3 is 2.50 bits per heavy atom. The maximum Gasteiger partial charge on any atom is 0.433 e. The van der Waals surface area contributed by atoms with Gasteiger partial charge in [0.25, 0.3) is 5.91 Å². The molecule has 8 heteroatoms. The van der Waals surface area contributed by atoms with Crippen molar-refractivity contribution >= 4 is 5.91 Å². The first-order valence-corrected chi connectivity index (χ1v) is 10.2. The molecule has 3 rings (SSSR count). The third-order valence-corrected chi connectivity index (χ3v) is 5.78. The van der Waals surface area contributed by atoms with Gasteiger partial charge in [-0.1, -0.05) is 13.0 Å². The maximum atomic E-state index is 12.9. The zero-order valence-electron chi connectivity index (χ0n) is 17.1. The predicted molar refractivity (Wildman–Crippen MR) is 106 cm³/mol. The van der Waals surface area contributed by atoms with Crippen LogP contribution < -0.4 is 10.1 Å². The Balaban J connectivity index is 1.59. The third-order valence-electron chi connectivity index (χ3n) is 5.78. The Bertz CT molecular complexity index is 847. The summed E-state index contributed by atoms with van der Waals surface area (Å²) >= 11 is 0. The standard InChI is InChI=1S/C22H26F3N3O2/c1-3-17(28-21(29)16-11-12-20(30-2)26-13-16)14-7-9-15(10-8-14)18-5-4-6-19(27-18)22(23,24)25/h4-6,11-15,17H,3,7-10H2,1-2H3,(H,28,29). The summed E-state index contributed by atoms with van der Waals surface area (Å²) in [6.45, 7) is 2.03. The lowest BCUT2D eigenvalue weighted by Gasteiger charge is -2.34. The number of carbonyl (C=O) groups is 1. The molecule has 0 radical (unpaired) electrons. The summed E-state index contributed by atoms with van der Waals surface area (Å²) in [5, 5.41) is 3.09. The predicted octanol–water partition coefficient (Wildman–Crippen LogP) is 4.99. The third kappa shape index (κ3) is 5.29. The van der Waals surface area contributed by atoms with Crippen molar-refractivity contribution in [1.29, 1.82) is 0 Å². The second kappa shape index (κ2) is 9.45. The van der Waals surface area contributed by atoms with Gasteiger partial charge in [0.05, 0.1) is 12.7 Å². The molecule has 1 aliphatic rings. The molecule has 0 bridgehead atoms. The summed E-state index contributed by atoms with van der Waals surface area (Å²) in [7, 11) is 1.51. The minimum absolute atomic E-state index is 0.00928. The number of methoxy groups -OCH3 is 1. The normalized spacial score (nSPS) is 20.4. The molecule has 0 saturated heterocycles. The number of rotatable bonds is 6. The molecule has 30 heavy (non-hydrogen) atoms. The van der Waals surface area contributed by atoms with Crippen LogP contribution in [-0.4, -0.2) is 29.0 Å². The molecule has 2 heterocycles. The fraction of sp³-hybridized carbons (Fsp3) is 0.500. The summed E-state index contributed by atoms with van der Waals surface area (Å²) in [5.41, 5.74) is 0.134. The molecule has 1 atom stereocenters. The molecular weight excluding hydrogens is 395 g/mol. The van der Waals surface area contributed by atoms with Crippen molar-refractivity contribution in [3.05, 3.63) is 53.5 Å². The van der Waals surface area contributed by atoms with E-state index < -0.39 is 11.9 Å². The topological polar surface area (TPSA) is 64.1 Å². The molecule has 2 aromatic heterocycles. The molecule has 1 saturated carbocycles. The van der Waals surface area contributed by atoms with Gasteiger partial charge in [0.15, 0.2) is 0 Å². The highest BCUT2D eigenvalue weighted by Crippen LogP contribution is 2.38. The van der Waals surface area contributed by atoms with Crippen LogP contribution >= 0.6 is 0 Å². The van der Waals surface area contributed by atoms with Gasteiger partial charge in [-0.3, -0.25) is 4.79 Å². The minimum atomic E-state index is -4.43. The van der Waals surface area contributed by atoms with E-state index in [-0.39, 0.29) is 23.8 Å². The van der Waals surface area contributed by atoms with E-state index in [2.05, 4.69) is 15.3 Å². The van der Waals surface area contributed by atoms with E-state index in [1.54, 1.807) is 18.2 Å². The molecule has 162 valence electrons. The number of carbonyl (C=O) groups excluding carboxylic acids is 1. The zero-order chi connectivity index (χ0) is 21.7. The van der Waals surface area contributed by atoms with E-state index in [9.17, 15) is 18.0 Å². The van der Waals surface area contributed by atoms with Crippen molar-refractivity contribution in [3.63, 3.8) is 0 Å². The highest BCUT2D eigenvalue weighted by atomic mass is 19.4. The lowest BCUT2D eigenvalue weighted by molar-refractivity contribution is -0.141. The van der Waals surface area contributed by atoms with Crippen LogP contribution in [0.15, 0.2) is 36.5 Å². The Labute approximate surface area is 174 Å². The fourth-order valence-corrected chi connectivity index (χ4v) is 4.09. The van der Waals surface area contributed by atoms with Gasteiger partial charge in [-0.25, -0.2) is 9.97 Å². The quantitative estimate of drug-likeness (QED) is 0.714. The van der Waals surface area contributed by atoms with Crippen molar-refractivity contribution in [2.75, 3.05) is 7.11 Å². The van der Waals surface area contributed by atoms with Crippen molar-refractivity contribution in [2.24, 2.45) is 5.92 Å². The molecule has 0 aromatic carbocycles. The van der Waals surface area contributed by atoms with E-state index in [0.717, 1.165) is 38.2 Å². The van der Waals surface area contributed by atoms with Crippen LogP contribution in [0, 0.1) is 5.92 Å². The number of aromatic nitrogens is 2. The first kappa shape index (κ1) is 22.1. The van der Waals surface area contributed by atoms with Gasteiger partial charge in [-0.05, 0) is 56.2 Å². The smallest absolute Gasteiger partial charge is 0.433 e. The SMILES string of the molecule is CCC(NC(=O)c1ccc(OC)nc1)C1CCC(c2cccc(C(F)(F)F)n2)CC1.